The standard InChI is InChI=1S/C26H32N2O6S/c1-17-8-12-22(13-9-17)35(31,32)34-21-15-23(28(16-21)25(30)33-26(2,3)4)24(29)27-20-11-10-18-6-5-7-19(18)14-20/h8-14,21,23H,5-7,15-16H2,1-4H3,(H,27,29)/t21-,23+/m1/s1. The van der Waals surface area contributed by atoms with Crippen molar-refractivity contribution in [1.29, 1.82) is 0 Å². The van der Waals surface area contributed by atoms with E-state index in [0.29, 0.717) is 5.69 Å². The van der Waals surface area contributed by atoms with Crippen LogP contribution in [0.15, 0.2) is 47.4 Å². The lowest BCUT2D eigenvalue weighted by molar-refractivity contribution is -0.120. The Hall–Kier alpha value is -2.91. The van der Waals surface area contributed by atoms with Crippen molar-refractivity contribution in [2.24, 2.45) is 0 Å². The third-order valence-corrected chi connectivity index (χ3v) is 7.51. The molecule has 188 valence electrons. The molecule has 9 heteroatoms. The summed E-state index contributed by atoms with van der Waals surface area (Å²) in [5.41, 5.74) is 3.30. The van der Waals surface area contributed by atoms with Gasteiger partial charge in [0.2, 0.25) is 5.91 Å². The molecular weight excluding hydrogens is 468 g/mol. The van der Waals surface area contributed by atoms with Crippen molar-refractivity contribution in [2.45, 2.75) is 76.0 Å². The fourth-order valence-corrected chi connectivity index (χ4v) is 5.53. The number of hydrogen-bond donors (Lipinski definition) is 1. The maximum absolute atomic E-state index is 13.2. The minimum Gasteiger partial charge on any atom is -0.444 e. The van der Waals surface area contributed by atoms with Crippen LogP contribution in [-0.2, 0) is 36.7 Å². The zero-order valence-electron chi connectivity index (χ0n) is 20.5. The molecule has 1 fully saturated rings. The van der Waals surface area contributed by atoms with E-state index in [1.165, 1.54) is 28.2 Å². The Kier molecular flexibility index (Phi) is 6.92. The Morgan fingerprint density at radius 1 is 1.03 bits per heavy atom. The van der Waals surface area contributed by atoms with Crippen molar-refractivity contribution >= 4 is 27.8 Å². The first-order valence-electron chi connectivity index (χ1n) is 11.8. The number of nitrogens with zero attached hydrogens (tertiary/aromatic N) is 1. The van der Waals surface area contributed by atoms with Crippen molar-refractivity contribution in [2.75, 3.05) is 11.9 Å². The van der Waals surface area contributed by atoms with Crippen LogP contribution >= 0.6 is 0 Å². The summed E-state index contributed by atoms with van der Waals surface area (Å²) in [6.45, 7) is 6.97. The second kappa shape index (κ2) is 9.62. The van der Waals surface area contributed by atoms with E-state index in [9.17, 15) is 18.0 Å². The zero-order valence-corrected chi connectivity index (χ0v) is 21.4. The van der Waals surface area contributed by atoms with Gasteiger partial charge in [-0.2, -0.15) is 8.42 Å². The average Bonchev–Trinajstić information content (AvgIpc) is 3.39. The van der Waals surface area contributed by atoms with Crippen molar-refractivity contribution in [3.63, 3.8) is 0 Å². The summed E-state index contributed by atoms with van der Waals surface area (Å²) >= 11 is 0. The molecule has 2 atom stereocenters. The number of ether oxygens (including phenoxy) is 1. The van der Waals surface area contributed by atoms with E-state index < -0.39 is 39.9 Å². The van der Waals surface area contributed by atoms with E-state index in [1.807, 2.05) is 25.1 Å². The molecule has 2 aliphatic rings. The summed E-state index contributed by atoms with van der Waals surface area (Å²) in [4.78, 5) is 27.4. The molecule has 1 aliphatic carbocycles. The van der Waals surface area contributed by atoms with Crippen LogP contribution in [0.3, 0.4) is 0 Å². The van der Waals surface area contributed by atoms with Crippen molar-refractivity contribution in [3.05, 3.63) is 59.2 Å². The highest BCUT2D eigenvalue weighted by Crippen LogP contribution is 2.29. The van der Waals surface area contributed by atoms with Crippen LogP contribution in [-0.4, -0.2) is 49.6 Å². The Balaban J connectivity index is 1.52. The number of aryl methyl sites for hydroxylation is 3. The van der Waals surface area contributed by atoms with Crippen LogP contribution in [0.2, 0.25) is 0 Å². The maximum atomic E-state index is 13.2. The Bertz CT molecular complexity index is 1220. The lowest BCUT2D eigenvalue weighted by atomic mass is 10.1. The van der Waals surface area contributed by atoms with E-state index in [-0.39, 0.29) is 17.9 Å². The van der Waals surface area contributed by atoms with E-state index >= 15 is 0 Å². The highest BCUT2D eigenvalue weighted by molar-refractivity contribution is 7.86. The third kappa shape index (κ3) is 6.02. The van der Waals surface area contributed by atoms with Crippen LogP contribution in [0.4, 0.5) is 10.5 Å². The lowest BCUT2D eigenvalue weighted by Gasteiger charge is -2.27. The maximum Gasteiger partial charge on any atom is 0.411 e. The molecular formula is C26H32N2O6S. The van der Waals surface area contributed by atoms with E-state index in [1.54, 1.807) is 32.9 Å². The number of amides is 2. The molecule has 0 spiro atoms. The van der Waals surface area contributed by atoms with Gasteiger partial charge in [0, 0.05) is 12.1 Å². The highest BCUT2D eigenvalue weighted by atomic mass is 32.2. The molecule has 2 aromatic carbocycles. The molecule has 0 bridgehead atoms. The minimum absolute atomic E-state index is 0.0259. The first-order chi connectivity index (χ1) is 16.4. The number of carbonyl (C=O) groups is 2. The molecule has 0 radical (unpaired) electrons. The molecule has 1 saturated heterocycles. The van der Waals surface area contributed by atoms with Gasteiger partial charge < -0.3 is 10.1 Å². The minimum atomic E-state index is -4.07. The number of carbonyl (C=O) groups excluding carboxylic acids is 2. The number of hydrogen-bond acceptors (Lipinski definition) is 6. The predicted octanol–water partition coefficient (Wildman–Crippen LogP) is 4.21. The predicted molar refractivity (Wildman–Crippen MR) is 132 cm³/mol. The average molecular weight is 501 g/mol. The lowest BCUT2D eigenvalue weighted by Crippen LogP contribution is -2.45. The topological polar surface area (TPSA) is 102 Å². The van der Waals surface area contributed by atoms with Crippen LogP contribution in [0, 0.1) is 6.92 Å². The summed E-state index contributed by atoms with van der Waals surface area (Å²) < 4.78 is 36.6. The van der Waals surface area contributed by atoms with Crippen molar-refractivity contribution in [1.82, 2.24) is 4.90 Å². The van der Waals surface area contributed by atoms with Gasteiger partial charge in [-0.05, 0) is 82.3 Å². The summed E-state index contributed by atoms with van der Waals surface area (Å²) in [6, 6.07) is 11.2. The SMILES string of the molecule is Cc1ccc(S(=O)(=O)O[C@@H]2C[C@@H](C(=O)Nc3ccc4c(c3)CCC4)N(C(=O)OC(C)(C)C)C2)cc1. The highest BCUT2D eigenvalue weighted by Gasteiger charge is 2.44. The van der Waals surface area contributed by atoms with Crippen LogP contribution in [0.5, 0.6) is 0 Å². The van der Waals surface area contributed by atoms with E-state index in [4.69, 9.17) is 8.92 Å². The fraction of sp³-hybridized carbons (Fsp3) is 0.462. The molecule has 8 nitrogen and oxygen atoms in total. The largest absolute Gasteiger partial charge is 0.444 e. The summed E-state index contributed by atoms with van der Waals surface area (Å²) in [7, 11) is -4.07. The van der Waals surface area contributed by atoms with Gasteiger partial charge in [0.15, 0.2) is 0 Å². The number of rotatable bonds is 5. The number of benzene rings is 2. The zero-order chi connectivity index (χ0) is 25.4. The van der Waals surface area contributed by atoms with E-state index in [2.05, 4.69) is 5.32 Å². The Labute approximate surface area is 206 Å². The molecule has 1 aliphatic heterocycles. The molecule has 0 saturated carbocycles. The number of anilines is 1. The molecule has 2 aromatic rings. The molecule has 2 amide bonds. The number of likely N-dealkylation sites (tertiary alicyclic amines) is 1. The van der Waals surface area contributed by atoms with Gasteiger partial charge in [-0.15, -0.1) is 0 Å². The van der Waals surface area contributed by atoms with Crippen LogP contribution in [0.25, 0.3) is 0 Å². The van der Waals surface area contributed by atoms with Gasteiger partial charge in [-0.1, -0.05) is 23.8 Å². The van der Waals surface area contributed by atoms with E-state index in [0.717, 1.165) is 24.8 Å². The monoisotopic (exact) mass is 500 g/mol. The van der Waals surface area contributed by atoms with Gasteiger partial charge in [0.25, 0.3) is 10.1 Å². The molecule has 1 N–H and O–H groups in total. The van der Waals surface area contributed by atoms with Gasteiger partial charge in [0.1, 0.15) is 11.6 Å². The summed E-state index contributed by atoms with van der Waals surface area (Å²) in [5.74, 6) is -0.410. The first kappa shape index (κ1) is 25.2. The number of fused-ring (bicyclic) bond motifs is 1. The first-order valence-corrected chi connectivity index (χ1v) is 13.2. The Morgan fingerprint density at radius 3 is 2.40 bits per heavy atom. The normalized spacial score (nSPS) is 19.9. The quantitative estimate of drug-likeness (QED) is 0.617. The molecule has 1 heterocycles. The molecule has 35 heavy (non-hydrogen) atoms. The van der Waals surface area contributed by atoms with Crippen molar-refractivity contribution in [3.8, 4) is 0 Å². The molecule has 0 unspecified atom stereocenters. The summed E-state index contributed by atoms with van der Waals surface area (Å²) in [5, 5.41) is 2.89. The van der Waals surface area contributed by atoms with Gasteiger partial charge in [0.05, 0.1) is 17.5 Å². The smallest absolute Gasteiger partial charge is 0.411 e. The van der Waals surface area contributed by atoms with Crippen molar-refractivity contribution < 1.29 is 26.9 Å². The molecule has 4 rings (SSSR count). The van der Waals surface area contributed by atoms with Crippen LogP contribution in [0.1, 0.15) is 50.3 Å². The van der Waals surface area contributed by atoms with Gasteiger partial charge in [-0.3, -0.25) is 13.9 Å². The number of nitrogens with one attached hydrogen (secondary N) is 1. The van der Waals surface area contributed by atoms with Gasteiger partial charge in [-0.25, -0.2) is 4.79 Å². The second-order valence-corrected chi connectivity index (χ2v) is 11.8. The molecule has 0 aromatic heterocycles. The Morgan fingerprint density at radius 2 is 1.71 bits per heavy atom. The second-order valence-electron chi connectivity index (χ2n) is 10.2. The van der Waals surface area contributed by atoms with Gasteiger partial charge >= 0.3 is 6.09 Å². The van der Waals surface area contributed by atoms with Crippen LogP contribution < -0.4 is 5.32 Å². The summed E-state index contributed by atoms with van der Waals surface area (Å²) in [6.07, 6.45) is 1.55. The fourth-order valence-electron chi connectivity index (χ4n) is 4.45. The third-order valence-electron chi connectivity index (χ3n) is 6.13.